The molecule has 148 valence electrons. The number of aromatic nitrogens is 2. The molecule has 5 nitrogen and oxygen atoms in total. The number of benzene rings is 1. The quantitative estimate of drug-likeness (QED) is 0.873. The molecule has 2 aromatic rings. The van der Waals surface area contributed by atoms with E-state index in [1.807, 2.05) is 43.5 Å². The minimum absolute atomic E-state index is 0.0370. The van der Waals surface area contributed by atoms with Crippen molar-refractivity contribution in [2.75, 3.05) is 18.0 Å². The maximum atomic E-state index is 12.9. The van der Waals surface area contributed by atoms with Crippen LogP contribution >= 0.6 is 0 Å². The van der Waals surface area contributed by atoms with Gasteiger partial charge >= 0.3 is 0 Å². The minimum atomic E-state index is -0.181. The predicted molar refractivity (Wildman–Crippen MR) is 111 cm³/mol. The van der Waals surface area contributed by atoms with Crippen LogP contribution in [0.4, 0.5) is 5.95 Å². The second-order valence-electron chi connectivity index (χ2n) is 9.00. The molecule has 0 radical (unpaired) electrons. The van der Waals surface area contributed by atoms with E-state index in [4.69, 9.17) is 4.98 Å². The third kappa shape index (κ3) is 3.89. The van der Waals surface area contributed by atoms with Crippen molar-refractivity contribution in [1.82, 2.24) is 15.3 Å². The lowest BCUT2D eigenvalue weighted by molar-refractivity contribution is -0.123. The van der Waals surface area contributed by atoms with Crippen LogP contribution in [0.2, 0.25) is 0 Å². The molecule has 1 N–H and O–H groups in total. The number of anilines is 1. The van der Waals surface area contributed by atoms with E-state index in [1.165, 1.54) is 12.8 Å². The zero-order valence-electron chi connectivity index (χ0n) is 17.1. The van der Waals surface area contributed by atoms with E-state index in [9.17, 15) is 4.79 Å². The van der Waals surface area contributed by atoms with Gasteiger partial charge in [0.1, 0.15) is 0 Å². The summed E-state index contributed by atoms with van der Waals surface area (Å²) >= 11 is 0. The number of rotatable bonds is 4. The third-order valence-electron chi connectivity index (χ3n) is 6.06. The van der Waals surface area contributed by atoms with Crippen molar-refractivity contribution in [2.45, 2.75) is 58.4 Å². The van der Waals surface area contributed by atoms with E-state index < -0.39 is 0 Å². The normalized spacial score (nSPS) is 21.8. The van der Waals surface area contributed by atoms with Gasteiger partial charge in [0.2, 0.25) is 11.9 Å². The Morgan fingerprint density at radius 2 is 1.93 bits per heavy atom. The number of nitrogens with zero attached hydrogens (tertiary/aromatic N) is 3. The molecule has 4 rings (SSSR count). The number of amides is 1. The van der Waals surface area contributed by atoms with E-state index in [0.29, 0.717) is 0 Å². The molecule has 2 heterocycles. The van der Waals surface area contributed by atoms with Crippen LogP contribution in [0, 0.1) is 5.41 Å². The summed E-state index contributed by atoms with van der Waals surface area (Å²) in [4.78, 5) is 24.8. The molecule has 1 fully saturated rings. The largest absolute Gasteiger partial charge is 0.349 e. The molecule has 5 heteroatoms. The summed E-state index contributed by atoms with van der Waals surface area (Å²) < 4.78 is 0. The molecule has 1 aromatic carbocycles. The van der Waals surface area contributed by atoms with Gasteiger partial charge in [0.05, 0.1) is 17.7 Å². The second-order valence-corrected chi connectivity index (χ2v) is 9.00. The second kappa shape index (κ2) is 7.53. The van der Waals surface area contributed by atoms with Gasteiger partial charge in [0.25, 0.3) is 0 Å². The van der Waals surface area contributed by atoms with Crippen molar-refractivity contribution in [3.05, 3.63) is 53.3 Å². The van der Waals surface area contributed by atoms with E-state index >= 15 is 0 Å². The van der Waals surface area contributed by atoms with Crippen LogP contribution in [-0.2, 0) is 11.2 Å². The first kappa shape index (κ1) is 18.9. The van der Waals surface area contributed by atoms with Gasteiger partial charge in [0.15, 0.2) is 0 Å². The molecular formula is C23H30N4O. The summed E-state index contributed by atoms with van der Waals surface area (Å²) in [5, 5.41) is 3.29. The minimum Gasteiger partial charge on any atom is -0.349 e. The molecule has 1 saturated heterocycles. The Morgan fingerprint density at radius 3 is 2.64 bits per heavy atom. The van der Waals surface area contributed by atoms with Crippen molar-refractivity contribution < 1.29 is 4.79 Å². The van der Waals surface area contributed by atoms with Crippen LogP contribution < -0.4 is 10.2 Å². The van der Waals surface area contributed by atoms with Crippen molar-refractivity contribution in [3.8, 4) is 0 Å². The highest BCUT2D eigenvalue weighted by molar-refractivity contribution is 5.83. The van der Waals surface area contributed by atoms with Gasteiger partial charge in [0, 0.05) is 24.8 Å². The monoisotopic (exact) mass is 378 g/mol. The number of fused-ring (bicyclic) bond motifs is 1. The van der Waals surface area contributed by atoms with Gasteiger partial charge in [-0.2, -0.15) is 0 Å². The van der Waals surface area contributed by atoms with E-state index in [1.54, 1.807) is 0 Å². The summed E-state index contributed by atoms with van der Waals surface area (Å²) in [5.74, 6) is 0.722. The van der Waals surface area contributed by atoms with Crippen LogP contribution in [0.3, 0.4) is 0 Å². The van der Waals surface area contributed by atoms with Crippen molar-refractivity contribution in [1.29, 1.82) is 0 Å². The van der Waals surface area contributed by atoms with Crippen LogP contribution in [0.1, 0.15) is 68.8 Å². The van der Waals surface area contributed by atoms with Crippen LogP contribution in [0.25, 0.3) is 0 Å². The lowest BCUT2D eigenvalue weighted by Gasteiger charge is -2.37. The molecule has 0 saturated carbocycles. The maximum absolute atomic E-state index is 12.9. The van der Waals surface area contributed by atoms with Crippen molar-refractivity contribution in [3.63, 3.8) is 0 Å². The molecule has 1 amide bonds. The third-order valence-corrected chi connectivity index (χ3v) is 6.06. The number of carbonyl (C=O) groups is 1. The standard InChI is InChI=1S/C23H30N4O/c1-16(17-9-5-4-6-10-17)21(28)25-19-13-23(2,3)14-20-18(19)15-24-22(26-20)27-11-7-8-12-27/h4-6,9-10,15-16,19H,7-8,11-14H2,1-3H3,(H,25,28). The molecule has 0 spiro atoms. The van der Waals surface area contributed by atoms with E-state index in [0.717, 1.165) is 48.7 Å². The zero-order chi connectivity index (χ0) is 19.7. The highest BCUT2D eigenvalue weighted by Crippen LogP contribution is 2.40. The summed E-state index contributed by atoms with van der Waals surface area (Å²) in [5.41, 5.74) is 3.30. The first-order valence-corrected chi connectivity index (χ1v) is 10.4. The van der Waals surface area contributed by atoms with E-state index in [-0.39, 0.29) is 23.3 Å². The molecule has 1 aliphatic heterocycles. The number of nitrogens with one attached hydrogen (secondary N) is 1. The first-order valence-electron chi connectivity index (χ1n) is 10.4. The number of hydrogen-bond donors (Lipinski definition) is 1. The lowest BCUT2D eigenvalue weighted by Crippen LogP contribution is -2.39. The maximum Gasteiger partial charge on any atom is 0.227 e. The van der Waals surface area contributed by atoms with Gasteiger partial charge in [-0.1, -0.05) is 44.2 Å². The smallest absolute Gasteiger partial charge is 0.227 e. The molecule has 28 heavy (non-hydrogen) atoms. The van der Waals surface area contributed by atoms with E-state index in [2.05, 4.69) is 29.0 Å². The van der Waals surface area contributed by atoms with Gasteiger partial charge in [-0.25, -0.2) is 9.97 Å². The Hall–Kier alpha value is -2.43. The molecule has 2 atom stereocenters. The molecular weight excluding hydrogens is 348 g/mol. The Labute approximate surface area is 167 Å². The van der Waals surface area contributed by atoms with Gasteiger partial charge in [-0.3, -0.25) is 4.79 Å². The summed E-state index contributed by atoms with van der Waals surface area (Å²) in [6, 6.07) is 9.91. The number of carbonyl (C=O) groups excluding carboxylic acids is 1. The lowest BCUT2D eigenvalue weighted by atomic mass is 9.74. The summed E-state index contributed by atoms with van der Waals surface area (Å²) in [6.07, 6.45) is 6.19. The Morgan fingerprint density at radius 1 is 1.21 bits per heavy atom. The molecule has 0 bridgehead atoms. The predicted octanol–water partition coefficient (Wildman–Crippen LogP) is 4.01. The molecule has 1 aromatic heterocycles. The van der Waals surface area contributed by atoms with Gasteiger partial charge < -0.3 is 10.2 Å². The Balaban J connectivity index is 1.57. The van der Waals surface area contributed by atoms with Crippen LogP contribution in [0.15, 0.2) is 36.5 Å². The Bertz CT molecular complexity index is 843. The fraction of sp³-hybridized carbons (Fsp3) is 0.522. The molecule has 1 aliphatic carbocycles. The number of hydrogen-bond acceptors (Lipinski definition) is 4. The average Bonchev–Trinajstić information content (AvgIpc) is 3.21. The van der Waals surface area contributed by atoms with Crippen molar-refractivity contribution in [2.24, 2.45) is 5.41 Å². The fourth-order valence-corrected chi connectivity index (χ4v) is 4.42. The van der Waals surface area contributed by atoms with Crippen LogP contribution in [0.5, 0.6) is 0 Å². The first-order chi connectivity index (χ1) is 13.4. The SMILES string of the molecule is CC(C(=O)NC1CC(C)(C)Cc2nc(N3CCCC3)ncc21)c1ccccc1. The highest BCUT2D eigenvalue weighted by atomic mass is 16.1. The summed E-state index contributed by atoms with van der Waals surface area (Å²) in [7, 11) is 0. The Kier molecular flexibility index (Phi) is 5.09. The van der Waals surface area contributed by atoms with Crippen LogP contribution in [-0.4, -0.2) is 29.0 Å². The van der Waals surface area contributed by atoms with Gasteiger partial charge in [-0.05, 0) is 43.6 Å². The van der Waals surface area contributed by atoms with Gasteiger partial charge in [-0.15, -0.1) is 0 Å². The highest BCUT2D eigenvalue weighted by Gasteiger charge is 2.35. The summed E-state index contributed by atoms with van der Waals surface area (Å²) in [6.45, 7) is 8.56. The molecule has 2 aliphatic rings. The topological polar surface area (TPSA) is 58.1 Å². The average molecular weight is 379 g/mol. The van der Waals surface area contributed by atoms with Crippen molar-refractivity contribution >= 4 is 11.9 Å². The fourth-order valence-electron chi connectivity index (χ4n) is 4.42. The zero-order valence-corrected chi connectivity index (χ0v) is 17.1. The molecule has 2 unspecified atom stereocenters.